The van der Waals surface area contributed by atoms with Crippen LogP contribution in [-0.4, -0.2) is 13.2 Å². The number of hydrogen-bond donors (Lipinski definition) is 0. The van der Waals surface area contributed by atoms with E-state index in [-0.39, 0.29) is 0 Å². The molecule has 0 fully saturated rings. The molecule has 0 radical (unpaired) electrons. The van der Waals surface area contributed by atoms with Gasteiger partial charge < -0.3 is 9.47 Å². The van der Waals surface area contributed by atoms with Gasteiger partial charge in [-0.15, -0.1) is 0 Å². The van der Waals surface area contributed by atoms with Gasteiger partial charge in [0, 0.05) is 0 Å². The molecule has 0 spiro atoms. The lowest BCUT2D eigenvalue weighted by atomic mass is 10.3. The van der Waals surface area contributed by atoms with Crippen LogP contribution >= 0.6 is 0 Å². The molecular weight excluding hydrogens is 224 g/mol. The minimum Gasteiger partial charge on any atom is -0.490 e. The molecule has 0 aromatic heterocycles. The summed E-state index contributed by atoms with van der Waals surface area (Å²) < 4.78 is 11.0. The van der Waals surface area contributed by atoms with E-state index >= 15 is 0 Å². The molecule has 0 saturated heterocycles. The minimum atomic E-state index is 0.554. The SMILES string of the molecule is CC.c1ccc(OCCOc2ccccc2)cc1. The van der Waals surface area contributed by atoms with Crippen molar-refractivity contribution in [3.8, 4) is 11.5 Å². The second-order valence-corrected chi connectivity index (χ2v) is 3.32. The van der Waals surface area contributed by atoms with Crippen molar-refractivity contribution < 1.29 is 9.47 Å². The van der Waals surface area contributed by atoms with E-state index in [4.69, 9.17) is 9.47 Å². The Kier molecular flexibility index (Phi) is 7.14. The van der Waals surface area contributed by atoms with Crippen molar-refractivity contribution in [1.29, 1.82) is 0 Å². The third-order valence-electron chi connectivity index (χ3n) is 2.11. The standard InChI is InChI=1S/C14H14O2.C2H6/c1-3-7-13(8-4-1)15-11-12-16-14-9-5-2-6-10-14;1-2/h1-10H,11-12H2;1-2H3. The molecule has 96 valence electrons. The van der Waals surface area contributed by atoms with Gasteiger partial charge in [0.1, 0.15) is 24.7 Å². The van der Waals surface area contributed by atoms with Crippen LogP contribution in [0.2, 0.25) is 0 Å². The van der Waals surface area contributed by atoms with E-state index in [1.165, 1.54) is 0 Å². The molecule has 18 heavy (non-hydrogen) atoms. The summed E-state index contributed by atoms with van der Waals surface area (Å²) in [4.78, 5) is 0. The van der Waals surface area contributed by atoms with Crippen molar-refractivity contribution in [2.24, 2.45) is 0 Å². The summed E-state index contributed by atoms with van der Waals surface area (Å²) in [6, 6.07) is 19.5. The lowest BCUT2D eigenvalue weighted by Crippen LogP contribution is -2.08. The van der Waals surface area contributed by atoms with Crippen LogP contribution in [-0.2, 0) is 0 Å². The molecule has 0 aliphatic heterocycles. The van der Waals surface area contributed by atoms with Gasteiger partial charge >= 0.3 is 0 Å². The number of rotatable bonds is 5. The molecule has 0 atom stereocenters. The van der Waals surface area contributed by atoms with Crippen LogP contribution in [0.5, 0.6) is 11.5 Å². The second-order valence-electron chi connectivity index (χ2n) is 3.32. The molecule has 2 aromatic carbocycles. The number of benzene rings is 2. The molecule has 2 nitrogen and oxygen atoms in total. The first kappa shape index (κ1) is 14.1. The topological polar surface area (TPSA) is 18.5 Å². The van der Waals surface area contributed by atoms with Crippen molar-refractivity contribution in [2.45, 2.75) is 13.8 Å². The normalized spacial score (nSPS) is 9.00. The Labute approximate surface area is 109 Å². The van der Waals surface area contributed by atoms with E-state index in [9.17, 15) is 0 Å². The van der Waals surface area contributed by atoms with Crippen molar-refractivity contribution in [2.75, 3.05) is 13.2 Å². The van der Waals surface area contributed by atoms with E-state index in [1.807, 2.05) is 74.5 Å². The van der Waals surface area contributed by atoms with Gasteiger partial charge in [0.15, 0.2) is 0 Å². The largest absolute Gasteiger partial charge is 0.490 e. The van der Waals surface area contributed by atoms with Gasteiger partial charge in [-0.3, -0.25) is 0 Å². The summed E-state index contributed by atoms with van der Waals surface area (Å²) >= 11 is 0. The van der Waals surface area contributed by atoms with Gasteiger partial charge in [0.25, 0.3) is 0 Å². The van der Waals surface area contributed by atoms with Gasteiger partial charge in [-0.1, -0.05) is 50.2 Å². The smallest absolute Gasteiger partial charge is 0.122 e. The van der Waals surface area contributed by atoms with Gasteiger partial charge in [-0.2, -0.15) is 0 Å². The van der Waals surface area contributed by atoms with Crippen LogP contribution in [0.4, 0.5) is 0 Å². The highest BCUT2D eigenvalue weighted by atomic mass is 16.5. The molecule has 0 unspecified atom stereocenters. The third kappa shape index (κ3) is 5.39. The average Bonchev–Trinajstić information content (AvgIpc) is 2.48. The van der Waals surface area contributed by atoms with E-state index in [1.54, 1.807) is 0 Å². The van der Waals surface area contributed by atoms with E-state index < -0.39 is 0 Å². The highest BCUT2D eigenvalue weighted by Crippen LogP contribution is 2.10. The van der Waals surface area contributed by atoms with Gasteiger partial charge in [0.2, 0.25) is 0 Å². The number of hydrogen-bond acceptors (Lipinski definition) is 2. The Hall–Kier alpha value is -1.96. The van der Waals surface area contributed by atoms with E-state index in [0.29, 0.717) is 13.2 Å². The van der Waals surface area contributed by atoms with Crippen LogP contribution in [0.25, 0.3) is 0 Å². The fourth-order valence-corrected chi connectivity index (χ4v) is 1.35. The quantitative estimate of drug-likeness (QED) is 0.735. The lowest BCUT2D eigenvalue weighted by Gasteiger charge is -2.07. The maximum Gasteiger partial charge on any atom is 0.122 e. The van der Waals surface area contributed by atoms with Gasteiger partial charge in [-0.25, -0.2) is 0 Å². The molecule has 0 saturated carbocycles. The summed E-state index contributed by atoms with van der Waals surface area (Å²) in [7, 11) is 0. The first-order valence-electron chi connectivity index (χ1n) is 6.31. The third-order valence-corrected chi connectivity index (χ3v) is 2.11. The Morgan fingerprint density at radius 1 is 0.611 bits per heavy atom. The van der Waals surface area contributed by atoms with Crippen LogP contribution in [0.1, 0.15) is 13.8 Å². The first-order chi connectivity index (χ1) is 8.95. The predicted octanol–water partition coefficient (Wildman–Crippen LogP) is 4.17. The van der Waals surface area contributed by atoms with Crippen LogP contribution in [0.3, 0.4) is 0 Å². The maximum absolute atomic E-state index is 5.50. The number of ether oxygens (including phenoxy) is 2. The molecule has 2 aromatic rings. The van der Waals surface area contributed by atoms with Crippen molar-refractivity contribution in [3.05, 3.63) is 60.7 Å². The van der Waals surface area contributed by atoms with Gasteiger partial charge in [-0.05, 0) is 24.3 Å². The Balaban J connectivity index is 0.000000771. The van der Waals surface area contributed by atoms with Crippen molar-refractivity contribution in [3.63, 3.8) is 0 Å². The zero-order chi connectivity index (χ0) is 13.1. The summed E-state index contributed by atoms with van der Waals surface area (Å²) in [6.45, 7) is 5.11. The maximum atomic E-state index is 5.50. The molecule has 0 aliphatic carbocycles. The monoisotopic (exact) mass is 244 g/mol. The summed E-state index contributed by atoms with van der Waals surface area (Å²) in [5.41, 5.74) is 0. The fourth-order valence-electron chi connectivity index (χ4n) is 1.35. The highest BCUT2D eigenvalue weighted by Gasteiger charge is 1.93. The fraction of sp³-hybridized carbons (Fsp3) is 0.250. The van der Waals surface area contributed by atoms with Crippen LogP contribution < -0.4 is 9.47 Å². The zero-order valence-corrected chi connectivity index (χ0v) is 11.0. The van der Waals surface area contributed by atoms with Crippen LogP contribution in [0, 0.1) is 0 Å². The Bertz CT molecular complexity index is 356. The van der Waals surface area contributed by atoms with E-state index in [0.717, 1.165) is 11.5 Å². The number of para-hydroxylation sites is 2. The Morgan fingerprint density at radius 2 is 0.944 bits per heavy atom. The van der Waals surface area contributed by atoms with Gasteiger partial charge in [0.05, 0.1) is 0 Å². The second kappa shape index (κ2) is 9.11. The summed E-state index contributed by atoms with van der Waals surface area (Å²) in [5, 5.41) is 0. The molecular formula is C16H20O2. The first-order valence-corrected chi connectivity index (χ1v) is 6.31. The van der Waals surface area contributed by atoms with Crippen LogP contribution in [0.15, 0.2) is 60.7 Å². The average molecular weight is 244 g/mol. The molecule has 0 amide bonds. The van der Waals surface area contributed by atoms with Crippen molar-refractivity contribution >= 4 is 0 Å². The Morgan fingerprint density at radius 3 is 1.28 bits per heavy atom. The van der Waals surface area contributed by atoms with Crippen molar-refractivity contribution in [1.82, 2.24) is 0 Å². The predicted molar refractivity (Wildman–Crippen MR) is 75.2 cm³/mol. The molecule has 2 heteroatoms. The molecule has 0 aliphatic rings. The molecule has 0 heterocycles. The molecule has 0 N–H and O–H groups in total. The lowest BCUT2D eigenvalue weighted by molar-refractivity contribution is 0.217. The van der Waals surface area contributed by atoms with E-state index in [2.05, 4.69) is 0 Å². The zero-order valence-electron chi connectivity index (χ0n) is 11.0. The molecule has 2 rings (SSSR count). The highest BCUT2D eigenvalue weighted by molar-refractivity contribution is 5.21. The molecule has 0 bridgehead atoms. The summed E-state index contributed by atoms with van der Waals surface area (Å²) in [6.07, 6.45) is 0. The summed E-state index contributed by atoms with van der Waals surface area (Å²) in [5.74, 6) is 1.75. The minimum absolute atomic E-state index is 0.554.